The van der Waals surface area contributed by atoms with Crippen molar-refractivity contribution in [1.82, 2.24) is 14.8 Å². The SMILES string of the molecule is CC(C)Cn1c(CN)nnc1C1(CC(C)C)CCCC1. The van der Waals surface area contributed by atoms with Gasteiger partial charge < -0.3 is 10.3 Å². The summed E-state index contributed by atoms with van der Waals surface area (Å²) in [6.07, 6.45) is 6.37. The highest BCUT2D eigenvalue weighted by atomic mass is 15.3. The van der Waals surface area contributed by atoms with E-state index in [1.165, 1.54) is 37.9 Å². The predicted octanol–water partition coefficient (Wildman–Crippen LogP) is 3.25. The van der Waals surface area contributed by atoms with E-state index in [9.17, 15) is 0 Å². The number of hydrogen-bond donors (Lipinski definition) is 1. The van der Waals surface area contributed by atoms with Crippen molar-refractivity contribution >= 4 is 0 Å². The van der Waals surface area contributed by atoms with Crippen LogP contribution in [0.1, 0.15) is 71.4 Å². The van der Waals surface area contributed by atoms with Gasteiger partial charge in [-0.3, -0.25) is 0 Å². The first-order valence-electron chi connectivity index (χ1n) is 8.11. The van der Waals surface area contributed by atoms with Crippen LogP contribution in [0.3, 0.4) is 0 Å². The molecule has 0 aromatic carbocycles. The van der Waals surface area contributed by atoms with Gasteiger partial charge in [-0.25, -0.2) is 0 Å². The largest absolute Gasteiger partial charge is 0.324 e. The summed E-state index contributed by atoms with van der Waals surface area (Å²) in [5.74, 6) is 3.44. The van der Waals surface area contributed by atoms with E-state index in [-0.39, 0.29) is 5.41 Å². The standard InChI is InChI=1S/C16H30N4/c1-12(2)9-16(7-5-6-8-16)15-19-18-14(10-17)20(15)11-13(3)4/h12-13H,5-11,17H2,1-4H3. The van der Waals surface area contributed by atoms with Gasteiger partial charge >= 0.3 is 0 Å². The summed E-state index contributed by atoms with van der Waals surface area (Å²) < 4.78 is 2.32. The molecule has 1 heterocycles. The van der Waals surface area contributed by atoms with Gasteiger partial charge in [0.15, 0.2) is 0 Å². The molecule has 114 valence electrons. The topological polar surface area (TPSA) is 56.7 Å². The summed E-state index contributed by atoms with van der Waals surface area (Å²) >= 11 is 0. The van der Waals surface area contributed by atoms with E-state index in [0.29, 0.717) is 18.4 Å². The third kappa shape index (κ3) is 3.05. The average Bonchev–Trinajstić information content (AvgIpc) is 2.95. The van der Waals surface area contributed by atoms with Crippen LogP contribution in [0.25, 0.3) is 0 Å². The molecule has 4 heteroatoms. The zero-order chi connectivity index (χ0) is 14.8. The van der Waals surface area contributed by atoms with Crippen molar-refractivity contribution in [3.05, 3.63) is 11.6 Å². The van der Waals surface area contributed by atoms with Gasteiger partial charge in [0.2, 0.25) is 0 Å². The van der Waals surface area contributed by atoms with E-state index in [1.807, 2.05) is 0 Å². The normalized spacial score (nSPS) is 18.4. The number of nitrogens with two attached hydrogens (primary N) is 1. The van der Waals surface area contributed by atoms with Crippen LogP contribution in [-0.2, 0) is 18.5 Å². The highest BCUT2D eigenvalue weighted by Gasteiger charge is 2.40. The van der Waals surface area contributed by atoms with E-state index >= 15 is 0 Å². The highest BCUT2D eigenvalue weighted by Crippen LogP contribution is 2.45. The molecular formula is C16H30N4. The monoisotopic (exact) mass is 278 g/mol. The van der Waals surface area contributed by atoms with Crippen LogP contribution in [0.5, 0.6) is 0 Å². The lowest BCUT2D eigenvalue weighted by molar-refractivity contribution is 0.309. The van der Waals surface area contributed by atoms with Gasteiger partial charge in [0, 0.05) is 12.0 Å². The molecule has 0 saturated heterocycles. The van der Waals surface area contributed by atoms with E-state index in [2.05, 4.69) is 42.5 Å². The molecule has 1 aromatic rings. The zero-order valence-electron chi connectivity index (χ0n) is 13.5. The molecule has 4 nitrogen and oxygen atoms in total. The highest BCUT2D eigenvalue weighted by molar-refractivity contribution is 5.14. The molecule has 1 aromatic heterocycles. The van der Waals surface area contributed by atoms with Crippen LogP contribution in [-0.4, -0.2) is 14.8 Å². The number of rotatable bonds is 6. The Balaban J connectivity index is 2.40. The summed E-state index contributed by atoms with van der Waals surface area (Å²) in [6.45, 7) is 10.6. The lowest BCUT2D eigenvalue weighted by atomic mass is 9.77. The summed E-state index contributed by atoms with van der Waals surface area (Å²) in [7, 11) is 0. The van der Waals surface area contributed by atoms with Crippen LogP contribution < -0.4 is 5.73 Å². The van der Waals surface area contributed by atoms with Crippen LogP contribution in [0.4, 0.5) is 0 Å². The van der Waals surface area contributed by atoms with Gasteiger partial charge in [-0.2, -0.15) is 0 Å². The maximum atomic E-state index is 5.86. The van der Waals surface area contributed by atoms with Crippen molar-refractivity contribution in [2.45, 2.75) is 78.3 Å². The maximum absolute atomic E-state index is 5.86. The Morgan fingerprint density at radius 3 is 2.25 bits per heavy atom. The number of hydrogen-bond acceptors (Lipinski definition) is 3. The van der Waals surface area contributed by atoms with Crippen LogP contribution in [0.15, 0.2) is 0 Å². The van der Waals surface area contributed by atoms with E-state index in [1.54, 1.807) is 0 Å². The summed E-state index contributed by atoms with van der Waals surface area (Å²) in [5.41, 5.74) is 6.10. The predicted molar refractivity (Wildman–Crippen MR) is 82.4 cm³/mol. The summed E-state index contributed by atoms with van der Waals surface area (Å²) in [4.78, 5) is 0. The third-order valence-corrected chi connectivity index (χ3v) is 4.39. The minimum Gasteiger partial charge on any atom is -0.324 e. The molecule has 2 N–H and O–H groups in total. The van der Waals surface area contributed by atoms with Gasteiger partial charge in [-0.1, -0.05) is 40.5 Å². The minimum absolute atomic E-state index is 0.240. The quantitative estimate of drug-likeness (QED) is 0.869. The molecule has 1 aliphatic rings. The molecule has 2 rings (SSSR count). The minimum atomic E-state index is 0.240. The molecule has 0 spiro atoms. The smallest absolute Gasteiger partial charge is 0.146 e. The second-order valence-corrected chi connectivity index (χ2v) is 7.23. The van der Waals surface area contributed by atoms with E-state index in [4.69, 9.17) is 5.73 Å². The zero-order valence-corrected chi connectivity index (χ0v) is 13.5. The van der Waals surface area contributed by atoms with Crippen molar-refractivity contribution in [3.8, 4) is 0 Å². The average molecular weight is 278 g/mol. The first-order valence-corrected chi connectivity index (χ1v) is 8.11. The van der Waals surface area contributed by atoms with Gasteiger partial charge in [0.05, 0.1) is 6.54 Å². The third-order valence-electron chi connectivity index (χ3n) is 4.39. The molecule has 0 atom stereocenters. The van der Waals surface area contributed by atoms with E-state index in [0.717, 1.165) is 12.4 Å². The van der Waals surface area contributed by atoms with Crippen molar-refractivity contribution in [3.63, 3.8) is 0 Å². The van der Waals surface area contributed by atoms with Gasteiger partial charge in [0.1, 0.15) is 11.6 Å². The summed E-state index contributed by atoms with van der Waals surface area (Å²) in [5, 5.41) is 8.95. The fraction of sp³-hybridized carbons (Fsp3) is 0.875. The van der Waals surface area contributed by atoms with Crippen molar-refractivity contribution in [1.29, 1.82) is 0 Å². The fourth-order valence-electron chi connectivity index (χ4n) is 3.79. The van der Waals surface area contributed by atoms with Gasteiger partial charge in [0.25, 0.3) is 0 Å². The Morgan fingerprint density at radius 2 is 1.75 bits per heavy atom. The van der Waals surface area contributed by atoms with Crippen molar-refractivity contribution in [2.24, 2.45) is 17.6 Å². The summed E-state index contributed by atoms with van der Waals surface area (Å²) in [6, 6.07) is 0. The lowest BCUT2D eigenvalue weighted by Crippen LogP contribution is -2.30. The Morgan fingerprint density at radius 1 is 1.10 bits per heavy atom. The Kier molecular flexibility index (Phi) is 4.84. The molecular weight excluding hydrogens is 248 g/mol. The lowest BCUT2D eigenvalue weighted by Gasteiger charge is -2.31. The van der Waals surface area contributed by atoms with Crippen LogP contribution in [0.2, 0.25) is 0 Å². The second kappa shape index (κ2) is 6.25. The van der Waals surface area contributed by atoms with Gasteiger partial charge in [-0.05, 0) is 31.1 Å². The molecule has 0 unspecified atom stereocenters. The molecule has 0 amide bonds. The molecule has 1 aliphatic carbocycles. The molecule has 1 saturated carbocycles. The van der Waals surface area contributed by atoms with Gasteiger partial charge in [-0.15, -0.1) is 10.2 Å². The first kappa shape index (κ1) is 15.5. The Bertz CT molecular complexity index is 428. The van der Waals surface area contributed by atoms with Crippen LogP contribution in [0, 0.1) is 11.8 Å². The van der Waals surface area contributed by atoms with Crippen molar-refractivity contribution < 1.29 is 0 Å². The number of aromatic nitrogens is 3. The molecule has 0 bridgehead atoms. The Labute approximate surface area is 123 Å². The van der Waals surface area contributed by atoms with Crippen molar-refractivity contribution in [2.75, 3.05) is 0 Å². The number of nitrogens with zero attached hydrogens (tertiary/aromatic N) is 3. The second-order valence-electron chi connectivity index (χ2n) is 7.23. The molecule has 0 radical (unpaired) electrons. The molecule has 0 aliphatic heterocycles. The maximum Gasteiger partial charge on any atom is 0.146 e. The fourth-order valence-corrected chi connectivity index (χ4v) is 3.79. The van der Waals surface area contributed by atoms with E-state index < -0.39 is 0 Å². The first-order chi connectivity index (χ1) is 9.48. The van der Waals surface area contributed by atoms with Crippen LogP contribution >= 0.6 is 0 Å². The Hall–Kier alpha value is -0.900. The molecule has 20 heavy (non-hydrogen) atoms. The molecule has 1 fully saturated rings.